The molecular formula is C16H16BrClN2O. The van der Waals surface area contributed by atoms with Crippen molar-refractivity contribution in [1.29, 1.82) is 0 Å². The molecule has 2 aromatic rings. The summed E-state index contributed by atoms with van der Waals surface area (Å²) >= 11 is 9.81. The van der Waals surface area contributed by atoms with Crippen LogP contribution in [0.15, 0.2) is 34.8 Å². The number of ether oxygens (including phenoxy) is 1. The molecule has 110 valence electrons. The third-order valence-corrected chi connectivity index (χ3v) is 5.32. The van der Waals surface area contributed by atoms with Crippen LogP contribution in [-0.2, 0) is 10.3 Å². The standard InChI is InChI=1S/C16H16BrClN2O/c1-21-16(9-5-6-10-16)15-19-13(12(17)14(18)20-15)11-7-3-2-4-8-11/h2-4,7-8H,5-6,9-10H2,1H3. The zero-order chi connectivity index (χ0) is 14.9. The summed E-state index contributed by atoms with van der Waals surface area (Å²) in [5.74, 6) is 0.689. The van der Waals surface area contributed by atoms with Crippen LogP contribution >= 0.6 is 27.5 Å². The van der Waals surface area contributed by atoms with Gasteiger partial charge in [0.25, 0.3) is 0 Å². The van der Waals surface area contributed by atoms with Crippen LogP contribution in [0.25, 0.3) is 11.3 Å². The fourth-order valence-electron chi connectivity index (χ4n) is 2.88. The highest BCUT2D eigenvalue weighted by Gasteiger charge is 2.39. The molecule has 21 heavy (non-hydrogen) atoms. The van der Waals surface area contributed by atoms with Gasteiger partial charge < -0.3 is 4.74 Å². The van der Waals surface area contributed by atoms with Crippen LogP contribution in [0.2, 0.25) is 5.15 Å². The summed E-state index contributed by atoms with van der Waals surface area (Å²) in [6.45, 7) is 0. The number of hydrogen-bond acceptors (Lipinski definition) is 3. The van der Waals surface area contributed by atoms with Gasteiger partial charge in [-0.05, 0) is 41.6 Å². The van der Waals surface area contributed by atoms with Gasteiger partial charge in [0.1, 0.15) is 10.8 Å². The van der Waals surface area contributed by atoms with Gasteiger partial charge in [-0.25, -0.2) is 9.97 Å². The molecular weight excluding hydrogens is 352 g/mol. The third-order valence-electron chi connectivity index (χ3n) is 4.07. The number of methoxy groups -OCH3 is 1. The van der Waals surface area contributed by atoms with Crippen molar-refractivity contribution in [1.82, 2.24) is 9.97 Å². The van der Waals surface area contributed by atoms with Crippen LogP contribution in [0, 0.1) is 0 Å². The van der Waals surface area contributed by atoms with E-state index in [0.717, 1.165) is 41.4 Å². The smallest absolute Gasteiger partial charge is 0.162 e. The second-order valence-corrected chi connectivity index (χ2v) is 6.42. The molecule has 1 fully saturated rings. The SMILES string of the molecule is COC1(c2nc(Cl)c(Br)c(-c3ccccc3)n2)CCCC1. The lowest BCUT2D eigenvalue weighted by Gasteiger charge is -2.26. The Kier molecular flexibility index (Phi) is 4.29. The van der Waals surface area contributed by atoms with E-state index in [1.807, 2.05) is 30.3 Å². The van der Waals surface area contributed by atoms with E-state index in [1.165, 1.54) is 0 Å². The highest BCUT2D eigenvalue weighted by atomic mass is 79.9. The van der Waals surface area contributed by atoms with Crippen LogP contribution in [0.3, 0.4) is 0 Å². The number of halogens is 2. The Labute approximate surface area is 137 Å². The van der Waals surface area contributed by atoms with Gasteiger partial charge in [0.05, 0.1) is 10.2 Å². The fourth-order valence-corrected chi connectivity index (χ4v) is 3.45. The molecule has 0 atom stereocenters. The van der Waals surface area contributed by atoms with E-state index in [4.69, 9.17) is 21.3 Å². The van der Waals surface area contributed by atoms with Crippen LogP contribution in [-0.4, -0.2) is 17.1 Å². The predicted octanol–water partition coefficient (Wildman–Crippen LogP) is 4.98. The summed E-state index contributed by atoms with van der Waals surface area (Å²) in [6.07, 6.45) is 4.14. The van der Waals surface area contributed by atoms with Crippen molar-refractivity contribution in [2.24, 2.45) is 0 Å². The monoisotopic (exact) mass is 366 g/mol. The zero-order valence-corrected chi connectivity index (χ0v) is 14.1. The maximum absolute atomic E-state index is 6.31. The molecule has 0 aliphatic heterocycles. The molecule has 0 bridgehead atoms. The van der Waals surface area contributed by atoms with E-state index in [-0.39, 0.29) is 0 Å². The van der Waals surface area contributed by atoms with Gasteiger partial charge in [-0.3, -0.25) is 0 Å². The molecule has 3 rings (SSSR count). The minimum Gasteiger partial charge on any atom is -0.370 e. The second kappa shape index (κ2) is 6.03. The highest BCUT2D eigenvalue weighted by Crippen LogP contribution is 2.42. The van der Waals surface area contributed by atoms with E-state index >= 15 is 0 Å². The maximum atomic E-state index is 6.31. The van der Waals surface area contributed by atoms with Crippen molar-refractivity contribution in [2.45, 2.75) is 31.3 Å². The Balaban J connectivity index is 2.14. The lowest BCUT2D eigenvalue weighted by molar-refractivity contribution is -0.0162. The minimum atomic E-state index is -0.395. The van der Waals surface area contributed by atoms with E-state index in [0.29, 0.717) is 11.0 Å². The van der Waals surface area contributed by atoms with Crippen LogP contribution in [0.5, 0.6) is 0 Å². The lowest BCUT2D eigenvalue weighted by atomic mass is 10.0. The summed E-state index contributed by atoms with van der Waals surface area (Å²) in [5.41, 5.74) is 1.43. The van der Waals surface area contributed by atoms with Gasteiger partial charge in [-0.1, -0.05) is 41.9 Å². The molecule has 1 saturated carbocycles. The van der Waals surface area contributed by atoms with Crippen molar-refractivity contribution in [3.8, 4) is 11.3 Å². The Morgan fingerprint density at radius 1 is 1.14 bits per heavy atom. The van der Waals surface area contributed by atoms with Gasteiger partial charge in [0, 0.05) is 12.7 Å². The van der Waals surface area contributed by atoms with Crippen molar-refractivity contribution in [3.63, 3.8) is 0 Å². The number of benzene rings is 1. The van der Waals surface area contributed by atoms with E-state index in [9.17, 15) is 0 Å². The second-order valence-electron chi connectivity index (χ2n) is 5.27. The minimum absolute atomic E-state index is 0.395. The number of hydrogen-bond donors (Lipinski definition) is 0. The van der Waals surface area contributed by atoms with Crippen molar-refractivity contribution in [2.75, 3.05) is 7.11 Å². The molecule has 1 aliphatic rings. The average Bonchev–Trinajstić information content (AvgIpc) is 3.01. The van der Waals surface area contributed by atoms with Gasteiger partial charge in [-0.15, -0.1) is 0 Å². The zero-order valence-electron chi connectivity index (χ0n) is 11.8. The fraction of sp³-hybridized carbons (Fsp3) is 0.375. The molecule has 1 aliphatic carbocycles. The Morgan fingerprint density at radius 2 is 1.81 bits per heavy atom. The summed E-state index contributed by atoms with van der Waals surface area (Å²) in [7, 11) is 1.73. The molecule has 0 saturated heterocycles. The normalized spacial score (nSPS) is 17.1. The first-order valence-corrected chi connectivity index (χ1v) is 8.17. The summed E-state index contributed by atoms with van der Waals surface area (Å²) in [4.78, 5) is 9.23. The van der Waals surface area contributed by atoms with Gasteiger partial charge >= 0.3 is 0 Å². The van der Waals surface area contributed by atoms with Crippen molar-refractivity contribution < 1.29 is 4.74 Å². The van der Waals surface area contributed by atoms with Crippen LogP contribution in [0.4, 0.5) is 0 Å². The molecule has 0 spiro atoms. The third kappa shape index (κ3) is 2.72. The molecule has 1 aromatic carbocycles. The molecule has 5 heteroatoms. The summed E-state index contributed by atoms with van der Waals surface area (Å²) < 4.78 is 6.50. The first kappa shape index (κ1) is 14.9. The first-order valence-electron chi connectivity index (χ1n) is 7.00. The highest BCUT2D eigenvalue weighted by molar-refractivity contribution is 9.10. The molecule has 3 nitrogen and oxygen atoms in total. The van der Waals surface area contributed by atoms with Crippen LogP contribution in [0.1, 0.15) is 31.5 Å². The average molecular weight is 368 g/mol. The molecule has 1 heterocycles. The molecule has 0 amide bonds. The number of rotatable bonds is 3. The van der Waals surface area contributed by atoms with Crippen molar-refractivity contribution in [3.05, 3.63) is 45.8 Å². The van der Waals surface area contributed by atoms with E-state index in [2.05, 4.69) is 20.9 Å². The first-order chi connectivity index (χ1) is 10.2. The maximum Gasteiger partial charge on any atom is 0.162 e. The molecule has 0 N–H and O–H groups in total. The lowest BCUT2D eigenvalue weighted by Crippen LogP contribution is -2.27. The van der Waals surface area contributed by atoms with Crippen LogP contribution < -0.4 is 0 Å². The largest absolute Gasteiger partial charge is 0.370 e. The summed E-state index contributed by atoms with van der Waals surface area (Å²) in [6, 6.07) is 9.98. The van der Waals surface area contributed by atoms with E-state index < -0.39 is 5.60 Å². The van der Waals surface area contributed by atoms with Crippen molar-refractivity contribution >= 4 is 27.5 Å². The Hall–Kier alpha value is -0.970. The number of aromatic nitrogens is 2. The van der Waals surface area contributed by atoms with E-state index in [1.54, 1.807) is 7.11 Å². The quantitative estimate of drug-likeness (QED) is 0.718. The molecule has 1 aromatic heterocycles. The predicted molar refractivity (Wildman–Crippen MR) is 87.3 cm³/mol. The van der Waals surface area contributed by atoms with Gasteiger partial charge in [0.2, 0.25) is 0 Å². The van der Waals surface area contributed by atoms with Gasteiger partial charge in [-0.2, -0.15) is 0 Å². The topological polar surface area (TPSA) is 35.0 Å². The Bertz CT molecular complexity index is 642. The van der Waals surface area contributed by atoms with Gasteiger partial charge in [0.15, 0.2) is 5.82 Å². The Morgan fingerprint density at radius 3 is 2.43 bits per heavy atom. The number of nitrogens with zero attached hydrogens (tertiary/aromatic N) is 2. The molecule has 0 radical (unpaired) electrons. The summed E-state index contributed by atoms with van der Waals surface area (Å²) in [5, 5.41) is 0.433. The molecule has 0 unspecified atom stereocenters.